The molecule has 0 saturated carbocycles. The highest BCUT2D eigenvalue weighted by molar-refractivity contribution is 5.97. The van der Waals surface area contributed by atoms with Crippen LogP contribution in [0.25, 0.3) is 0 Å². The first-order valence-electron chi connectivity index (χ1n) is 6.75. The van der Waals surface area contributed by atoms with Crippen LogP contribution in [-0.2, 0) is 0 Å². The van der Waals surface area contributed by atoms with E-state index in [-0.39, 0.29) is 5.78 Å². The maximum absolute atomic E-state index is 11.6. The van der Waals surface area contributed by atoms with Crippen LogP contribution in [0.2, 0.25) is 0 Å². The summed E-state index contributed by atoms with van der Waals surface area (Å²) in [5.74, 6) is 1.34. The predicted molar refractivity (Wildman–Crippen MR) is 74.2 cm³/mol. The number of ketones is 1. The first-order chi connectivity index (χ1) is 9.20. The maximum Gasteiger partial charge on any atom is 0.163 e. The van der Waals surface area contributed by atoms with Crippen molar-refractivity contribution in [1.82, 2.24) is 4.90 Å². The van der Waals surface area contributed by atoms with Crippen molar-refractivity contribution >= 4 is 5.78 Å². The van der Waals surface area contributed by atoms with E-state index >= 15 is 0 Å². The molecule has 0 aromatic heterocycles. The van der Waals surface area contributed by atoms with E-state index in [2.05, 4.69) is 4.90 Å². The number of likely N-dealkylation sites (tertiary alicyclic amines) is 1. The molecule has 1 fully saturated rings. The van der Waals surface area contributed by atoms with Gasteiger partial charge >= 0.3 is 0 Å². The summed E-state index contributed by atoms with van der Waals surface area (Å²) in [6.45, 7) is 5.37. The molecule has 0 amide bonds. The van der Waals surface area contributed by atoms with Gasteiger partial charge < -0.3 is 9.47 Å². The van der Waals surface area contributed by atoms with E-state index in [0.29, 0.717) is 23.7 Å². The summed E-state index contributed by atoms with van der Waals surface area (Å²) in [6, 6.07) is 5.32. The Kier molecular flexibility index (Phi) is 4.80. The molecule has 1 aromatic rings. The van der Waals surface area contributed by atoms with Gasteiger partial charge in [0.15, 0.2) is 5.78 Å². The number of benzene rings is 1. The second kappa shape index (κ2) is 6.57. The summed E-state index contributed by atoms with van der Waals surface area (Å²) in [4.78, 5) is 13.9. The number of hydrogen-bond donors (Lipinski definition) is 0. The zero-order valence-electron chi connectivity index (χ0n) is 11.6. The molecule has 1 aliphatic heterocycles. The van der Waals surface area contributed by atoms with Crippen molar-refractivity contribution in [1.29, 1.82) is 0 Å². The topological polar surface area (TPSA) is 38.8 Å². The average Bonchev–Trinajstić information content (AvgIpc) is 2.91. The lowest BCUT2D eigenvalue weighted by atomic mass is 10.1. The number of hydrogen-bond acceptors (Lipinski definition) is 4. The van der Waals surface area contributed by atoms with Crippen molar-refractivity contribution in [2.24, 2.45) is 0 Å². The van der Waals surface area contributed by atoms with Crippen LogP contribution in [0.1, 0.15) is 30.1 Å². The van der Waals surface area contributed by atoms with Crippen LogP contribution < -0.4 is 9.47 Å². The fourth-order valence-electron chi connectivity index (χ4n) is 2.33. The Morgan fingerprint density at radius 3 is 2.68 bits per heavy atom. The standard InChI is InChI=1S/C15H21NO3/c1-12(17)14-6-5-13(18-2)11-15(14)19-10-9-16-7-3-4-8-16/h5-6,11H,3-4,7-10H2,1-2H3. The third-order valence-corrected chi connectivity index (χ3v) is 3.43. The molecule has 1 aliphatic rings. The second-order valence-electron chi connectivity index (χ2n) is 4.82. The molecule has 0 atom stereocenters. The van der Waals surface area contributed by atoms with Crippen LogP contribution >= 0.6 is 0 Å². The van der Waals surface area contributed by atoms with Crippen molar-refractivity contribution in [3.05, 3.63) is 23.8 Å². The fraction of sp³-hybridized carbons (Fsp3) is 0.533. The number of carbonyl (C=O) groups excluding carboxylic acids is 1. The molecule has 104 valence electrons. The van der Waals surface area contributed by atoms with Gasteiger partial charge in [-0.1, -0.05) is 0 Å². The smallest absolute Gasteiger partial charge is 0.163 e. The zero-order chi connectivity index (χ0) is 13.7. The quantitative estimate of drug-likeness (QED) is 0.739. The summed E-state index contributed by atoms with van der Waals surface area (Å²) < 4.78 is 10.9. The number of ether oxygens (including phenoxy) is 2. The molecule has 4 heteroatoms. The van der Waals surface area contributed by atoms with Gasteiger partial charge in [-0.2, -0.15) is 0 Å². The molecule has 19 heavy (non-hydrogen) atoms. The first kappa shape index (κ1) is 13.9. The highest BCUT2D eigenvalue weighted by atomic mass is 16.5. The highest BCUT2D eigenvalue weighted by Crippen LogP contribution is 2.25. The molecule has 0 radical (unpaired) electrons. The Hall–Kier alpha value is -1.55. The molecule has 2 rings (SSSR count). The van der Waals surface area contributed by atoms with Gasteiger partial charge in [0.25, 0.3) is 0 Å². The van der Waals surface area contributed by atoms with Gasteiger partial charge in [0, 0.05) is 12.6 Å². The van der Waals surface area contributed by atoms with Gasteiger partial charge in [-0.05, 0) is 45.0 Å². The number of methoxy groups -OCH3 is 1. The number of carbonyl (C=O) groups is 1. The van der Waals surface area contributed by atoms with E-state index in [0.717, 1.165) is 19.6 Å². The summed E-state index contributed by atoms with van der Waals surface area (Å²) in [6.07, 6.45) is 2.55. The van der Waals surface area contributed by atoms with Crippen LogP contribution in [0.5, 0.6) is 11.5 Å². The summed E-state index contributed by atoms with van der Waals surface area (Å²) in [7, 11) is 1.61. The third-order valence-electron chi connectivity index (χ3n) is 3.43. The number of nitrogens with zero attached hydrogens (tertiary/aromatic N) is 1. The van der Waals surface area contributed by atoms with Crippen molar-refractivity contribution in [2.75, 3.05) is 33.4 Å². The molecule has 0 aliphatic carbocycles. The zero-order valence-corrected chi connectivity index (χ0v) is 11.6. The summed E-state index contributed by atoms with van der Waals surface area (Å²) in [5, 5.41) is 0. The molecule has 0 bridgehead atoms. The molecule has 4 nitrogen and oxygen atoms in total. The maximum atomic E-state index is 11.6. The van der Waals surface area contributed by atoms with Crippen LogP contribution in [0.15, 0.2) is 18.2 Å². The Morgan fingerprint density at radius 1 is 1.32 bits per heavy atom. The van der Waals surface area contributed by atoms with Crippen molar-refractivity contribution < 1.29 is 14.3 Å². The van der Waals surface area contributed by atoms with Crippen molar-refractivity contribution in [3.63, 3.8) is 0 Å². The van der Waals surface area contributed by atoms with Gasteiger partial charge in [0.1, 0.15) is 18.1 Å². The largest absolute Gasteiger partial charge is 0.497 e. The van der Waals surface area contributed by atoms with E-state index in [9.17, 15) is 4.79 Å². The fourth-order valence-corrected chi connectivity index (χ4v) is 2.33. The molecule has 1 aromatic carbocycles. The molecular weight excluding hydrogens is 242 g/mol. The summed E-state index contributed by atoms with van der Waals surface area (Å²) >= 11 is 0. The lowest BCUT2D eigenvalue weighted by Crippen LogP contribution is -2.25. The molecule has 0 unspecified atom stereocenters. The lowest BCUT2D eigenvalue weighted by molar-refractivity contribution is 0.101. The third kappa shape index (κ3) is 3.70. The van der Waals surface area contributed by atoms with Crippen LogP contribution in [0.4, 0.5) is 0 Å². The predicted octanol–water partition coefficient (Wildman–Crippen LogP) is 2.37. The van der Waals surface area contributed by atoms with Crippen LogP contribution in [0.3, 0.4) is 0 Å². The minimum absolute atomic E-state index is 0.0128. The lowest BCUT2D eigenvalue weighted by Gasteiger charge is -2.16. The minimum atomic E-state index is 0.0128. The highest BCUT2D eigenvalue weighted by Gasteiger charge is 2.13. The first-order valence-corrected chi connectivity index (χ1v) is 6.75. The normalized spacial score (nSPS) is 15.5. The van der Waals surface area contributed by atoms with Gasteiger partial charge in [0.2, 0.25) is 0 Å². The monoisotopic (exact) mass is 263 g/mol. The van der Waals surface area contributed by atoms with Crippen molar-refractivity contribution in [2.45, 2.75) is 19.8 Å². The molecule has 1 heterocycles. The van der Waals surface area contributed by atoms with Crippen molar-refractivity contribution in [3.8, 4) is 11.5 Å². The molecule has 0 N–H and O–H groups in total. The molecular formula is C15H21NO3. The van der Waals surface area contributed by atoms with E-state index in [1.54, 1.807) is 32.2 Å². The van der Waals surface area contributed by atoms with Crippen LogP contribution in [-0.4, -0.2) is 44.0 Å². The Balaban J connectivity index is 1.98. The second-order valence-corrected chi connectivity index (χ2v) is 4.82. The van der Waals surface area contributed by atoms with E-state index in [4.69, 9.17) is 9.47 Å². The molecule has 1 saturated heterocycles. The SMILES string of the molecule is COc1ccc(C(C)=O)c(OCCN2CCCC2)c1. The Morgan fingerprint density at radius 2 is 2.05 bits per heavy atom. The van der Waals surface area contributed by atoms with E-state index in [1.165, 1.54) is 12.8 Å². The summed E-state index contributed by atoms with van der Waals surface area (Å²) in [5.41, 5.74) is 0.613. The average molecular weight is 263 g/mol. The van der Waals surface area contributed by atoms with Gasteiger partial charge in [0.05, 0.1) is 12.7 Å². The van der Waals surface area contributed by atoms with E-state index < -0.39 is 0 Å². The van der Waals surface area contributed by atoms with Crippen LogP contribution in [0, 0.1) is 0 Å². The number of rotatable bonds is 6. The van der Waals surface area contributed by atoms with Gasteiger partial charge in [-0.25, -0.2) is 0 Å². The van der Waals surface area contributed by atoms with Gasteiger partial charge in [-0.3, -0.25) is 9.69 Å². The molecule has 0 spiro atoms. The Labute approximate surface area is 114 Å². The minimum Gasteiger partial charge on any atom is -0.497 e. The Bertz CT molecular complexity index is 439. The number of Topliss-reactive ketones (excluding diaryl/α,β-unsaturated/α-hetero) is 1. The van der Waals surface area contributed by atoms with E-state index in [1.807, 2.05) is 0 Å². The van der Waals surface area contributed by atoms with Gasteiger partial charge in [-0.15, -0.1) is 0 Å².